The molecule has 6 nitrogen and oxygen atoms in total. The fraction of sp³-hybridized carbons (Fsp3) is 0.111. The van der Waals surface area contributed by atoms with Crippen LogP contribution < -0.4 is 5.73 Å². The van der Waals surface area contributed by atoms with E-state index in [0.717, 1.165) is 0 Å². The van der Waals surface area contributed by atoms with Gasteiger partial charge in [-0.3, -0.25) is 4.84 Å². The number of benzene rings is 1. The van der Waals surface area contributed by atoms with Crippen LogP contribution in [-0.2, 0) is 11.4 Å². The maximum atomic E-state index is 10.8. The zero-order valence-corrected chi connectivity index (χ0v) is 10.0. The number of halogens is 2. The molecule has 0 saturated carbocycles. The standard InChI is InChI=1S/C9H9Cl2N3O3/c10-7-2-1-3-8(11)6(7)4-17-14(5-13-16)9(12)15/h1-3,5,16H,4H2,(H2,12,15). The van der Waals surface area contributed by atoms with Crippen molar-refractivity contribution in [2.45, 2.75) is 6.61 Å². The SMILES string of the molecule is NC(=O)N(C=NO)OCc1c(Cl)cccc1Cl. The third kappa shape index (κ3) is 3.77. The number of nitrogens with two attached hydrogens (primary N) is 1. The van der Waals surface area contributed by atoms with E-state index in [1.807, 2.05) is 0 Å². The lowest BCUT2D eigenvalue weighted by Crippen LogP contribution is -2.34. The molecule has 8 heteroatoms. The Hall–Kier alpha value is -1.50. The molecule has 0 fully saturated rings. The molecule has 0 saturated heterocycles. The first-order valence-electron chi connectivity index (χ1n) is 4.38. The molecule has 0 heterocycles. The fourth-order valence-corrected chi connectivity index (χ4v) is 1.51. The number of hydrogen-bond acceptors (Lipinski definition) is 4. The van der Waals surface area contributed by atoms with Gasteiger partial charge in [0.2, 0.25) is 0 Å². The molecule has 1 rings (SSSR count). The highest BCUT2D eigenvalue weighted by Crippen LogP contribution is 2.24. The number of hydrogen-bond donors (Lipinski definition) is 2. The van der Waals surface area contributed by atoms with Crippen LogP contribution in [0.3, 0.4) is 0 Å². The molecule has 0 aliphatic carbocycles. The summed E-state index contributed by atoms with van der Waals surface area (Å²) in [6.45, 7) is -0.0898. The van der Waals surface area contributed by atoms with Crippen LogP contribution in [0.25, 0.3) is 0 Å². The monoisotopic (exact) mass is 277 g/mol. The van der Waals surface area contributed by atoms with Gasteiger partial charge < -0.3 is 10.9 Å². The van der Waals surface area contributed by atoms with Crippen LogP contribution in [0, 0.1) is 0 Å². The van der Waals surface area contributed by atoms with Gasteiger partial charge in [0.15, 0.2) is 6.34 Å². The molecule has 3 N–H and O–H groups in total. The van der Waals surface area contributed by atoms with E-state index >= 15 is 0 Å². The van der Waals surface area contributed by atoms with E-state index < -0.39 is 6.03 Å². The van der Waals surface area contributed by atoms with E-state index in [1.165, 1.54) is 0 Å². The van der Waals surface area contributed by atoms with Crippen molar-refractivity contribution in [3.63, 3.8) is 0 Å². The second kappa shape index (κ2) is 6.29. The highest BCUT2D eigenvalue weighted by molar-refractivity contribution is 6.35. The number of amides is 2. The largest absolute Gasteiger partial charge is 0.410 e. The lowest BCUT2D eigenvalue weighted by atomic mass is 10.2. The summed E-state index contributed by atoms with van der Waals surface area (Å²) in [6, 6.07) is 3.99. The average Bonchev–Trinajstić information content (AvgIpc) is 2.26. The lowest BCUT2D eigenvalue weighted by molar-refractivity contribution is -0.0679. The van der Waals surface area contributed by atoms with Crippen LogP contribution in [0.4, 0.5) is 4.79 Å². The Morgan fingerprint density at radius 1 is 1.53 bits per heavy atom. The number of nitrogens with zero attached hydrogens (tertiary/aromatic N) is 2. The average molecular weight is 278 g/mol. The molecule has 0 radical (unpaired) electrons. The maximum absolute atomic E-state index is 10.8. The normalized spacial score (nSPS) is 10.7. The molecule has 0 aliphatic rings. The number of primary amides is 1. The van der Waals surface area contributed by atoms with Crippen molar-refractivity contribution in [3.05, 3.63) is 33.8 Å². The summed E-state index contributed by atoms with van der Waals surface area (Å²) in [5.41, 5.74) is 5.45. The van der Waals surface area contributed by atoms with Crippen LogP contribution in [0.2, 0.25) is 10.0 Å². The molecule has 2 amide bonds. The first-order valence-corrected chi connectivity index (χ1v) is 5.14. The molecule has 1 aromatic carbocycles. The summed E-state index contributed by atoms with van der Waals surface area (Å²) in [6.07, 6.45) is 0.715. The van der Waals surface area contributed by atoms with Crippen LogP contribution >= 0.6 is 23.2 Å². The first kappa shape index (κ1) is 13.6. The Morgan fingerprint density at radius 3 is 2.59 bits per heavy atom. The first-order chi connectivity index (χ1) is 8.06. The highest BCUT2D eigenvalue weighted by Gasteiger charge is 2.11. The van der Waals surface area contributed by atoms with Crippen LogP contribution in [-0.4, -0.2) is 22.6 Å². The van der Waals surface area contributed by atoms with E-state index in [0.29, 0.717) is 27.0 Å². The number of carbonyl (C=O) groups excluding carboxylic acids is 1. The molecule has 0 aliphatic heterocycles. The Kier molecular flexibility index (Phi) is 5.02. The molecule has 0 unspecified atom stereocenters. The van der Waals surface area contributed by atoms with Crippen molar-refractivity contribution in [3.8, 4) is 0 Å². The number of urea groups is 1. The van der Waals surface area contributed by atoms with Crippen molar-refractivity contribution in [1.29, 1.82) is 0 Å². The Balaban J connectivity index is 2.75. The molecule has 0 spiro atoms. The van der Waals surface area contributed by atoms with Gasteiger partial charge in [-0.25, -0.2) is 4.79 Å². The quantitative estimate of drug-likeness (QED) is 0.383. The summed E-state index contributed by atoms with van der Waals surface area (Å²) in [5, 5.41) is 12.2. The van der Waals surface area contributed by atoms with Gasteiger partial charge in [-0.15, -0.1) is 0 Å². The van der Waals surface area contributed by atoms with Crippen LogP contribution in [0.5, 0.6) is 0 Å². The Labute approximate surface area is 107 Å². The molecular weight excluding hydrogens is 269 g/mol. The minimum absolute atomic E-state index is 0.0898. The van der Waals surface area contributed by atoms with Crippen molar-refractivity contribution >= 4 is 35.6 Å². The zero-order valence-electron chi connectivity index (χ0n) is 8.51. The Bertz CT molecular complexity index is 419. The molecular formula is C9H9Cl2N3O3. The van der Waals surface area contributed by atoms with Crippen molar-refractivity contribution in [1.82, 2.24) is 5.06 Å². The van der Waals surface area contributed by atoms with E-state index in [2.05, 4.69) is 5.16 Å². The van der Waals surface area contributed by atoms with Crippen LogP contribution in [0.15, 0.2) is 23.4 Å². The van der Waals surface area contributed by atoms with E-state index in [-0.39, 0.29) is 6.61 Å². The second-order valence-corrected chi connectivity index (χ2v) is 3.68. The third-order valence-corrected chi connectivity index (χ3v) is 2.49. The van der Waals surface area contributed by atoms with Crippen molar-refractivity contribution in [2.24, 2.45) is 10.9 Å². The molecule has 0 aromatic heterocycles. The van der Waals surface area contributed by atoms with E-state index in [9.17, 15) is 4.79 Å². The maximum Gasteiger partial charge on any atom is 0.344 e. The van der Waals surface area contributed by atoms with Gasteiger partial charge in [0.1, 0.15) is 6.61 Å². The van der Waals surface area contributed by atoms with Crippen molar-refractivity contribution in [2.75, 3.05) is 0 Å². The molecule has 1 aromatic rings. The van der Waals surface area contributed by atoms with Gasteiger partial charge >= 0.3 is 6.03 Å². The number of carbonyl (C=O) groups is 1. The Morgan fingerprint density at radius 2 is 2.12 bits per heavy atom. The second-order valence-electron chi connectivity index (χ2n) is 2.87. The van der Waals surface area contributed by atoms with Gasteiger partial charge in [-0.1, -0.05) is 34.4 Å². The number of rotatable bonds is 4. The van der Waals surface area contributed by atoms with E-state index in [1.54, 1.807) is 18.2 Å². The molecule has 0 bridgehead atoms. The number of oxime groups is 1. The highest BCUT2D eigenvalue weighted by atomic mass is 35.5. The van der Waals surface area contributed by atoms with Gasteiger partial charge in [0.05, 0.1) is 0 Å². The van der Waals surface area contributed by atoms with Crippen LogP contribution in [0.1, 0.15) is 5.56 Å². The molecule has 17 heavy (non-hydrogen) atoms. The van der Waals surface area contributed by atoms with Gasteiger partial charge in [-0.05, 0) is 12.1 Å². The number of hydroxylamine groups is 2. The zero-order chi connectivity index (χ0) is 12.8. The summed E-state index contributed by atoms with van der Waals surface area (Å²) in [7, 11) is 0. The van der Waals surface area contributed by atoms with Gasteiger partial charge in [0.25, 0.3) is 0 Å². The molecule has 0 atom stereocenters. The fourth-order valence-electron chi connectivity index (χ4n) is 1.01. The van der Waals surface area contributed by atoms with Gasteiger partial charge in [-0.2, -0.15) is 5.06 Å². The van der Waals surface area contributed by atoms with Crippen molar-refractivity contribution < 1.29 is 14.8 Å². The predicted molar refractivity (Wildman–Crippen MR) is 63.0 cm³/mol. The summed E-state index contributed by atoms with van der Waals surface area (Å²) < 4.78 is 0. The minimum atomic E-state index is -0.939. The lowest BCUT2D eigenvalue weighted by Gasteiger charge is -2.14. The topological polar surface area (TPSA) is 88.2 Å². The van der Waals surface area contributed by atoms with E-state index in [4.69, 9.17) is 39.0 Å². The third-order valence-electron chi connectivity index (χ3n) is 1.78. The summed E-state index contributed by atoms with van der Waals surface area (Å²) >= 11 is 11.8. The minimum Gasteiger partial charge on any atom is -0.410 e. The van der Waals surface area contributed by atoms with Gasteiger partial charge in [0, 0.05) is 15.6 Å². The summed E-state index contributed by atoms with van der Waals surface area (Å²) in [4.78, 5) is 15.8. The summed E-state index contributed by atoms with van der Waals surface area (Å²) in [5.74, 6) is 0. The predicted octanol–water partition coefficient (Wildman–Crippen LogP) is 2.22. The molecule has 92 valence electrons. The smallest absolute Gasteiger partial charge is 0.344 e.